The van der Waals surface area contributed by atoms with Gasteiger partial charge in [-0.3, -0.25) is 15.2 Å². The summed E-state index contributed by atoms with van der Waals surface area (Å²) in [4.78, 5) is 17.6. The predicted molar refractivity (Wildman–Crippen MR) is 109 cm³/mol. The number of hydrogen-bond donors (Lipinski definition) is 4. The summed E-state index contributed by atoms with van der Waals surface area (Å²) in [5, 5.41) is 0.898. The summed E-state index contributed by atoms with van der Waals surface area (Å²) in [5.74, 6) is 6.06. The zero-order chi connectivity index (χ0) is 17.1. The number of methoxy groups -OCH3 is 1. The number of rotatable bonds is 6. The van der Waals surface area contributed by atoms with Crippen LogP contribution in [-0.2, 0) is 0 Å². The van der Waals surface area contributed by atoms with Crippen LogP contribution in [0, 0.1) is 0 Å². The first-order valence-corrected chi connectivity index (χ1v) is 7.53. The number of nitrogens with zero attached hydrogens (tertiary/aromatic N) is 1. The van der Waals surface area contributed by atoms with Gasteiger partial charge in [-0.25, -0.2) is 5.84 Å². The number of halogens is 1. The SMILES string of the molecule is CCCCCN=C(N)NN.COc1ccc2[nH]cc(C=O)c2c1.I. The Kier molecular flexibility index (Phi) is 11.6. The molecule has 0 atom stereocenters. The van der Waals surface area contributed by atoms with Gasteiger partial charge in [-0.2, -0.15) is 0 Å². The van der Waals surface area contributed by atoms with Crippen molar-refractivity contribution in [3.8, 4) is 5.75 Å². The lowest BCUT2D eigenvalue weighted by atomic mass is 10.2. The molecule has 0 saturated heterocycles. The van der Waals surface area contributed by atoms with E-state index in [4.69, 9.17) is 16.3 Å². The van der Waals surface area contributed by atoms with Crippen molar-refractivity contribution in [1.29, 1.82) is 0 Å². The average molecular weight is 447 g/mol. The van der Waals surface area contributed by atoms with Crippen LogP contribution in [0.25, 0.3) is 10.9 Å². The summed E-state index contributed by atoms with van der Waals surface area (Å²) in [6.45, 7) is 2.91. The maximum atomic E-state index is 10.6. The molecule has 8 heteroatoms. The van der Waals surface area contributed by atoms with Gasteiger partial charge in [0.15, 0.2) is 6.29 Å². The molecule has 0 saturated carbocycles. The molecule has 24 heavy (non-hydrogen) atoms. The largest absolute Gasteiger partial charge is 0.497 e. The highest BCUT2D eigenvalue weighted by molar-refractivity contribution is 14.0. The molecule has 0 unspecified atom stereocenters. The molecule has 0 aliphatic rings. The van der Waals surface area contributed by atoms with Gasteiger partial charge in [-0.1, -0.05) is 19.8 Å². The van der Waals surface area contributed by atoms with Crippen LogP contribution in [0.1, 0.15) is 36.5 Å². The minimum atomic E-state index is 0. The molecule has 0 spiro atoms. The van der Waals surface area contributed by atoms with E-state index < -0.39 is 0 Å². The number of unbranched alkanes of at least 4 members (excludes halogenated alkanes) is 2. The third kappa shape index (κ3) is 7.18. The minimum absolute atomic E-state index is 0. The number of carbonyl (C=O) groups is 1. The Morgan fingerprint density at radius 2 is 2.17 bits per heavy atom. The second-order valence-corrected chi connectivity index (χ2v) is 4.89. The monoisotopic (exact) mass is 447 g/mol. The van der Waals surface area contributed by atoms with E-state index in [2.05, 4.69) is 22.3 Å². The number of aromatic amines is 1. The Balaban J connectivity index is 0.000000441. The summed E-state index contributed by atoms with van der Waals surface area (Å²) in [6, 6.07) is 5.59. The highest BCUT2D eigenvalue weighted by atomic mass is 127. The van der Waals surface area contributed by atoms with Crippen molar-refractivity contribution in [3.63, 3.8) is 0 Å². The normalized spacial score (nSPS) is 10.4. The van der Waals surface area contributed by atoms with Crippen molar-refractivity contribution < 1.29 is 9.53 Å². The van der Waals surface area contributed by atoms with Crippen molar-refractivity contribution in [1.82, 2.24) is 10.4 Å². The van der Waals surface area contributed by atoms with Gasteiger partial charge in [0.1, 0.15) is 5.75 Å². The van der Waals surface area contributed by atoms with Crippen LogP contribution in [0.4, 0.5) is 0 Å². The molecular formula is C16H26IN5O2. The van der Waals surface area contributed by atoms with Crippen LogP contribution in [0.5, 0.6) is 5.75 Å². The molecule has 1 aromatic carbocycles. The van der Waals surface area contributed by atoms with Crippen molar-refractivity contribution in [3.05, 3.63) is 30.0 Å². The van der Waals surface area contributed by atoms with Crippen LogP contribution < -0.4 is 21.7 Å². The van der Waals surface area contributed by atoms with Gasteiger partial charge in [-0.05, 0) is 24.6 Å². The Labute approximate surface area is 159 Å². The van der Waals surface area contributed by atoms with E-state index in [9.17, 15) is 4.79 Å². The number of carbonyl (C=O) groups excluding carboxylic acids is 1. The number of aromatic nitrogens is 1. The van der Waals surface area contributed by atoms with E-state index in [1.54, 1.807) is 13.3 Å². The standard InChI is InChI=1S/C10H9NO2.C6H16N4.HI/c1-13-8-2-3-10-9(4-8)7(6-12)5-11-10;1-2-3-4-5-9-6(7)10-8;/h2-6,11H,1H3;2-5,8H2,1H3,(H3,7,9,10);1H. The number of H-pyrrole nitrogens is 1. The van der Waals surface area contributed by atoms with Gasteiger partial charge < -0.3 is 15.5 Å². The summed E-state index contributed by atoms with van der Waals surface area (Å²) < 4.78 is 5.06. The highest BCUT2D eigenvalue weighted by Gasteiger charge is 2.02. The molecule has 2 aromatic rings. The van der Waals surface area contributed by atoms with E-state index >= 15 is 0 Å². The van der Waals surface area contributed by atoms with Gasteiger partial charge in [0.25, 0.3) is 0 Å². The molecule has 0 amide bonds. The van der Waals surface area contributed by atoms with Crippen molar-refractivity contribution >= 4 is 47.1 Å². The van der Waals surface area contributed by atoms with Crippen LogP contribution >= 0.6 is 24.0 Å². The third-order valence-corrected chi connectivity index (χ3v) is 3.24. The topological polar surface area (TPSA) is 119 Å². The Bertz CT molecular complexity index is 642. The number of guanidine groups is 1. The molecule has 0 radical (unpaired) electrons. The smallest absolute Gasteiger partial charge is 0.203 e. The molecule has 0 aliphatic carbocycles. The molecular weight excluding hydrogens is 421 g/mol. The highest BCUT2D eigenvalue weighted by Crippen LogP contribution is 2.22. The van der Waals surface area contributed by atoms with E-state index in [0.29, 0.717) is 11.5 Å². The first-order chi connectivity index (χ1) is 11.2. The van der Waals surface area contributed by atoms with Crippen molar-refractivity contribution in [2.24, 2.45) is 16.6 Å². The molecule has 1 heterocycles. The Morgan fingerprint density at radius 3 is 2.75 bits per heavy atom. The summed E-state index contributed by atoms with van der Waals surface area (Å²) >= 11 is 0. The van der Waals surface area contributed by atoms with Gasteiger partial charge in [0.2, 0.25) is 5.96 Å². The lowest BCUT2D eigenvalue weighted by molar-refractivity contribution is 0.112. The summed E-state index contributed by atoms with van der Waals surface area (Å²) in [5.41, 5.74) is 9.15. The third-order valence-electron chi connectivity index (χ3n) is 3.24. The van der Waals surface area contributed by atoms with E-state index in [-0.39, 0.29) is 24.0 Å². The molecule has 1 aromatic heterocycles. The number of hydrazine groups is 1. The van der Waals surface area contributed by atoms with Crippen LogP contribution in [-0.4, -0.2) is 30.9 Å². The zero-order valence-electron chi connectivity index (χ0n) is 14.0. The molecule has 0 bridgehead atoms. The second-order valence-electron chi connectivity index (χ2n) is 4.89. The van der Waals surface area contributed by atoms with E-state index in [1.807, 2.05) is 18.2 Å². The van der Waals surface area contributed by atoms with Gasteiger partial charge >= 0.3 is 0 Å². The molecule has 0 aliphatic heterocycles. The summed E-state index contributed by atoms with van der Waals surface area (Å²) in [7, 11) is 1.61. The lowest BCUT2D eigenvalue weighted by Gasteiger charge is -1.98. The quantitative estimate of drug-likeness (QED) is 0.103. The average Bonchev–Trinajstić information content (AvgIpc) is 3.01. The minimum Gasteiger partial charge on any atom is -0.497 e. The van der Waals surface area contributed by atoms with E-state index in [1.165, 1.54) is 12.8 Å². The van der Waals surface area contributed by atoms with Gasteiger partial charge in [0.05, 0.1) is 7.11 Å². The number of aliphatic imine (C=N–C) groups is 1. The maximum Gasteiger partial charge on any atom is 0.203 e. The van der Waals surface area contributed by atoms with Crippen LogP contribution in [0.15, 0.2) is 29.4 Å². The van der Waals surface area contributed by atoms with Crippen molar-refractivity contribution in [2.45, 2.75) is 26.2 Å². The van der Waals surface area contributed by atoms with Crippen LogP contribution in [0.3, 0.4) is 0 Å². The lowest BCUT2D eigenvalue weighted by Crippen LogP contribution is -2.37. The first kappa shape index (κ1) is 22.2. The van der Waals surface area contributed by atoms with Gasteiger partial charge in [0, 0.05) is 29.2 Å². The second kappa shape index (κ2) is 12.6. The van der Waals surface area contributed by atoms with Crippen molar-refractivity contribution in [2.75, 3.05) is 13.7 Å². The molecule has 2 rings (SSSR count). The fraction of sp³-hybridized carbons (Fsp3) is 0.375. The summed E-state index contributed by atoms with van der Waals surface area (Å²) in [6.07, 6.45) is 6.00. The zero-order valence-corrected chi connectivity index (χ0v) is 16.4. The fourth-order valence-electron chi connectivity index (χ4n) is 1.95. The molecule has 6 N–H and O–H groups in total. The molecule has 7 nitrogen and oxygen atoms in total. The van der Waals surface area contributed by atoms with Crippen LogP contribution in [0.2, 0.25) is 0 Å². The maximum absolute atomic E-state index is 10.6. The van der Waals surface area contributed by atoms with E-state index in [0.717, 1.165) is 35.9 Å². The number of nitrogens with two attached hydrogens (primary N) is 2. The fourth-order valence-corrected chi connectivity index (χ4v) is 1.95. The molecule has 0 fully saturated rings. The van der Waals surface area contributed by atoms with Gasteiger partial charge in [-0.15, -0.1) is 24.0 Å². The first-order valence-electron chi connectivity index (χ1n) is 7.53. The number of ether oxygens (including phenoxy) is 1. The number of nitrogens with one attached hydrogen (secondary N) is 2. The molecule has 134 valence electrons. The predicted octanol–water partition coefficient (Wildman–Crippen LogP) is 2.56. The Morgan fingerprint density at radius 1 is 1.42 bits per heavy atom. The number of benzene rings is 1. The number of fused-ring (bicyclic) bond motifs is 1. The number of hydrogen-bond acceptors (Lipinski definition) is 4. The number of aldehydes is 1. The Hall–Kier alpha value is -1.81.